The average molecular weight is 337 g/mol. The number of nitrogens with one attached hydrogen (secondary N) is 1. The molecule has 0 spiro atoms. The molecule has 2 N–H and O–H groups in total. The molecule has 5 heteroatoms. The molecule has 0 fully saturated rings. The van der Waals surface area contributed by atoms with Gasteiger partial charge in [-0.15, -0.1) is 0 Å². The van der Waals surface area contributed by atoms with Crippen LogP contribution in [0.4, 0.5) is 0 Å². The van der Waals surface area contributed by atoms with Gasteiger partial charge in [0.15, 0.2) is 0 Å². The number of H-pyrrole nitrogens is 1. The highest BCUT2D eigenvalue weighted by Gasteiger charge is 2.13. The first kappa shape index (κ1) is 17.2. The third-order valence-corrected chi connectivity index (χ3v) is 4.16. The third-order valence-electron chi connectivity index (χ3n) is 4.16. The highest BCUT2D eigenvalue weighted by atomic mass is 16.5. The summed E-state index contributed by atoms with van der Waals surface area (Å²) in [4.78, 5) is 2.22. The molecule has 0 aliphatic heterocycles. The predicted octanol–water partition coefficient (Wildman–Crippen LogP) is 3.08. The Kier molecular flexibility index (Phi) is 5.82. The summed E-state index contributed by atoms with van der Waals surface area (Å²) in [5.74, 6) is 0.829. The van der Waals surface area contributed by atoms with Crippen LogP contribution in [0.2, 0.25) is 0 Å². The minimum absolute atomic E-state index is 0.128. The second-order valence-corrected chi connectivity index (χ2v) is 5.92. The molecular weight excluding hydrogens is 314 g/mol. The molecule has 130 valence electrons. The number of aliphatic hydroxyl groups excluding tert-OH is 1. The van der Waals surface area contributed by atoms with E-state index in [9.17, 15) is 5.11 Å². The van der Waals surface area contributed by atoms with Crippen molar-refractivity contribution in [2.75, 3.05) is 20.3 Å². The Bertz CT molecular complexity index is 769. The molecular formula is C20H23N3O2. The van der Waals surface area contributed by atoms with E-state index in [-0.39, 0.29) is 6.61 Å². The van der Waals surface area contributed by atoms with Gasteiger partial charge in [0.05, 0.1) is 25.6 Å². The second-order valence-electron chi connectivity index (χ2n) is 5.92. The van der Waals surface area contributed by atoms with Gasteiger partial charge in [0.1, 0.15) is 5.75 Å². The molecule has 0 aliphatic carbocycles. The molecule has 0 saturated heterocycles. The van der Waals surface area contributed by atoms with Gasteiger partial charge in [-0.1, -0.05) is 30.3 Å². The van der Waals surface area contributed by atoms with E-state index in [4.69, 9.17) is 4.74 Å². The molecule has 0 bridgehead atoms. The van der Waals surface area contributed by atoms with Gasteiger partial charge in [-0.05, 0) is 29.8 Å². The molecule has 0 unspecified atom stereocenters. The number of hydrogen-bond donors (Lipinski definition) is 2. The number of methoxy groups -OCH3 is 1. The number of benzene rings is 2. The minimum Gasteiger partial charge on any atom is -0.497 e. The molecule has 0 saturated carbocycles. The molecule has 3 rings (SSSR count). The smallest absolute Gasteiger partial charge is 0.118 e. The van der Waals surface area contributed by atoms with Crippen LogP contribution in [0.5, 0.6) is 5.75 Å². The lowest BCUT2D eigenvalue weighted by Gasteiger charge is -2.21. The Morgan fingerprint density at radius 3 is 2.48 bits per heavy atom. The fraction of sp³-hybridized carbons (Fsp3) is 0.250. The summed E-state index contributed by atoms with van der Waals surface area (Å²) in [7, 11) is 1.66. The van der Waals surface area contributed by atoms with Crippen molar-refractivity contribution in [3.8, 4) is 17.0 Å². The van der Waals surface area contributed by atoms with Crippen LogP contribution < -0.4 is 4.74 Å². The number of aromatic nitrogens is 2. The summed E-state index contributed by atoms with van der Waals surface area (Å²) in [6, 6.07) is 18.2. The van der Waals surface area contributed by atoms with Gasteiger partial charge in [-0.25, -0.2) is 0 Å². The van der Waals surface area contributed by atoms with E-state index in [1.54, 1.807) is 7.11 Å². The number of ether oxygens (including phenoxy) is 1. The lowest BCUT2D eigenvalue weighted by atomic mass is 10.1. The van der Waals surface area contributed by atoms with E-state index in [1.807, 2.05) is 48.7 Å². The Morgan fingerprint density at radius 2 is 1.80 bits per heavy atom. The molecule has 1 heterocycles. The predicted molar refractivity (Wildman–Crippen MR) is 98.2 cm³/mol. The SMILES string of the molecule is COc1ccc(-c2[nH]ncc2CN(CCO)Cc2ccccc2)cc1. The minimum atomic E-state index is 0.128. The Balaban J connectivity index is 1.77. The monoisotopic (exact) mass is 337 g/mol. The van der Waals surface area contributed by atoms with E-state index < -0.39 is 0 Å². The van der Waals surface area contributed by atoms with Crippen molar-refractivity contribution >= 4 is 0 Å². The molecule has 5 nitrogen and oxygen atoms in total. The maximum atomic E-state index is 9.41. The van der Waals surface area contributed by atoms with E-state index in [0.29, 0.717) is 13.1 Å². The molecule has 2 aromatic carbocycles. The summed E-state index contributed by atoms with van der Waals surface area (Å²) in [5.41, 5.74) is 4.40. The lowest BCUT2D eigenvalue weighted by Crippen LogP contribution is -2.26. The zero-order valence-corrected chi connectivity index (χ0v) is 14.4. The molecule has 0 atom stereocenters. The molecule has 3 aromatic rings. The van der Waals surface area contributed by atoms with Gasteiger partial charge >= 0.3 is 0 Å². The van der Waals surface area contributed by atoms with Gasteiger partial charge in [0.25, 0.3) is 0 Å². The first-order chi connectivity index (χ1) is 12.3. The largest absolute Gasteiger partial charge is 0.497 e. The van der Waals surface area contributed by atoms with Gasteiger partial charge < -0.3 is 9.84 Å². The van der Waals surface area contributed by atoms with Gasteiger partial charge in [-0.3, -0.25) is 10.00 Å². The maximum Gasteiger partial charge on any atom is 0.118 e. The van der Waals surface area contributed by atoms with E-state index in [2.05, 4.69) is 27.2 Å². The Labute approximate surface area is 147 Å². The summed E-state index contributed by atoms with van der Waals surface area (Å²) in [6.45, 7) is 2.24. The number of aromatic amines is 1. The van der Waals surface area contributed by atoms with Crippen molar-refractivity contribution in [2.45, 2.75) is 13.1 Å². The number of aliphatic hydroxyl groups is 1. The molecule has 0 radical (unpaired) electrons. The van der Waals surface area contributed by atoms with Crippen LogP contribution in [0.15, 0.2) is 60.8 Å². The van der Waals surface area contributed by atoms with Crippen molar-refractivity contribution in [3.63, 3.8) is 0 Å². The average Bonchev–Trinajstić information content (AvgIpc) is 3.11. The quantitative estimate of drug-likeness (QED) is 0.663. The summed E-state index contributed by atoms with van der Waals surface area (Å²) >= 11 is 0. The Morgan fingerprint density at radius 1 is 1.04 bits per heavy atom. The standard InChI is InChI=1S/C20H23N3O2/c1-25-19-9-7-17(8-10-19)20-18(13-21-22-20)15-23(11-12-24)14-16-5-3-2-4-6-16/h2-10,13,24H,11-12,14-15H2,1H3,(H,21,22). The second kappa shape index (κ2) is 8.46. The van der Waals surface area contributed by atoms with Crippen molar-refractivity contribution in [2.24, 2.45) is 0 Å². The number of hydrogen-bond acceptors (Lipinski definition) is 4. The van der Waals surface area contributed by atoms with E-state index in [0.717, 1.165) is 29.1 Å². The molecule has 25 heavy (non-hydrogen) atoms. The van der Waals surface area contributed by atoms with E-state index in [1.165, 1.54) is 5.56 Å². The lowest BCUT2D eigenvalue weighted by molar-refractivity contribution is 0.184. The molecule has 0 amide bonds. The van der Waals surface area contributed by atoms with Crippen LogP contribution in [0.3, 0.4) is 0 Å². The van der Waals surface area contributed by atoms with Crippen LogP contribution in [-0.2, 0) is 13.1 Å². The zero-order chi connectivity index (χ0) is 17.5. The summed E-state index contributed by atoms with van der Waals surface area (Å²) in [5, 5.41) is 16.7. The van der Waals surface area contributed by atoms with Crippen molar-refractivity contribution in [1.29, 1.82) is 0 Å². The summed E-state index contributed by atoms with van der Waals surface area (Å²) < 4.78 is 5.22. The van der Waals surface area contributed by atoms with Crippen LogP contribution in [-0.4, -0.2) is 40.5 Å². The van der Waals surface area contributed by atoms with Crippen LogP contribution in [0.1, 0.15) is 11.1 Å². The Hall–Kier alpha value is -2.63. The van der Waals surface area contributed by atoms with Crippen LogP contribution in [0, 0.1) is 0 Å². The fourth-order valence-electron chi connectivity index (χ4n) is 2.88. The highest BCUT2D eigenvalue weighted by Crippen LogP contribution is 2.25. The normalized spacial score (nSPS) is 11.0. The summed E-state index contributed by atoms with van der Waals surface area (Å²) in [6.07, 6.45) is 1.86. The van der Waals surface area contributed by atoms with Gasteiger partial charge in [-0.2, -0.15) is 5.10 Å². The highest BCUT2D eigenvalue weighted by molar-refractivity contribution is 5.63. The van der Waals surface area contributed by atoms with Gasteiger partial charge in [0.2, 0.25) is 0 Å². The van der Waals surface area contributed by atoms with E-state index >= 15 is 0 Å². The number of rotatable bonds is 8. The third kappa shape index (κ3) is 4.47. The van der Waals surface area contributed by atoms with Crippen LogP contribution >= 0.6 is 0 Å². The molecule has 1 aromatic heterocycles. The first-order valence-corrected chi connectivity index (χ1v) is 8.34. The van der Waals surface area contributed by atoms with Crippen molar-refractivity contribution in [1.82, 2.24) is 15.1 Å². The van der Waals surface area contributed by atoms with Crippen molar-refractivity contribution < 1.29 is 9.84 Å². The zero-order valence-electron chi connectivity index (χ0n) is 14.4. The topological polar surface area (TPSA) is 61.4 Å². The first-order valence-electron chi connectivity index (χ1n) is 8.34. The number of nitrogens with zero attached hydrogens (tertiary/aromatic N) is 2. The van der Waals surface area contributed by atoms with Gasteiger partial charge in [0, 0.05) is 30.8 Å². The van der Waals surface area contributed by atoms with Crippen LogP contribution in [0.25, 0.3) is 11.3 Å². The maximum absolute atomic E-state index is 9.41. The van der Waals surface area contributed by atoms with Crippen molar-refractivity contribution in [3.05, 3.63) is 71.9 Å². The molecule has 0 aliphatic rings. The fourth-order valence-corrected chi connectivity index (χ4v) is 2.88.